The average molecular weight is 236 g/mol. The lowest BCUT2D eigenvalue weighted by molar-refractivity contribution is 0.956. The zero-order chi connectivity index (χ0) is 12.5. The van der Waals surface area contributed by atoms with Crippen LogP contribution >= 0.6 is 0 Å². The Morgan fingerprint density at radius 3 is 3.06 bits per heavy atom. The first-order chi connectivity index (χ1) is 8.79. The number of anilines is 1. The third kappa shape index (κ3) is 1.70. The van der Waals surface area contributed by atoms with Crippen LogP contribution in [0.25, 0.3) is 17.2 Å². The summed E-state index contributed by atoms with van der Waals surface area (Å²) >= 11 is 0. The molecule has 0 unspecified atom stereocenters. The van der Waals surface area contributed by atoms with Gasteiger partial charge in [-0.3, -0.25) is 4.98 Å². The molecule has 0 spiro atoms. The van der Waals surface area contributed by atoms with E-state index in [0.29, 0.717) is 0 Å². The standard InChI is InChI=1S/C16H16N2/c1-3-12-6-8-17-11-15(12)13-4-5-16-14(10-13)7-9-18(16)2/h3-6,8,10-11H,1,7,9H2,2H3. The van der Waals surface area contributed by atoms with E-state index >= 15 is 0 Å². The van der Waals surface area contributed by atoms with Crippen LogP contribution in [0.2, 0.25) is 0 Å². The van der Waals surface area contributed by atoms with E-state index in [4.69, 9.17) is 0 Å². The van der Waals surface area contributed by atoms with Crippen molar-refractivity contribution >= 4 is 11.8 Å². The summed E-state index contributed by atoms with van der Waals surface area (Å²) in [6.07, 6.45) is 6.73. The van der Waals surface area contributed by atoms with E-state index in [-0.39, 0.29) is 0 Å². The van der Waals surface area contributed by atoms with Gasteiger partial charge in [0.25, 0.3) is 0 Å². The lowest BCUT2D eigenvalue weighted by atomic mass is 9.99. The second-order valence-electron chi connectivity index (χ2n) is 4.68. The number of likely N-dealkylation sites (N-methyl/N-ethyl adjacent to an activating group) is 1. The van der Waals surface area contributed by atoms with Crippen LogP contribution in [0.1, 0.15) is 11.1 Å². The van der Waals surface area contributed by atoms with E-state index < -0.39 is 0 Å². The number of hydrogen-bond donors (Lipinski definition) is 0. The first-order valence-corrected chi connectivity index (χ1v) is 6.20. The third-order valence-corrected chi connectivity index (χ3v) is 3.59. The SMILES string of the molecule is C=Cc1ccncc1-c1ccc2c(c1)CCN2C. The predicted molar refractivity (Wildman–Crippen MR) is 76.7 cm³/mol. The molecule has 18 heavy (non-hydrogen) atoms. The van der Waals surface area contributed by atoms with Crippen molar-refractivity contribution in [3.05, 3.63) is 54.4 Å². The maximum Gasteiger partial charge on any atom is 0.0397 e. The van der Waals surface area contributed by atoms with Crippen LogP contribution < -0.4 is 4.90 Å². The van der Waals surface area contributed by atoms with Gasteiger partial charge in [0, 0.05) is 37.2 Å². The number of benzene rings is 1. The lowest BCUT2D eigenvalue weighted by Crippen LogP contribution is -2.12. The van der Waals surface area contributed by atoms with Crippen LogP contribution in [0.3, 0.4) is 0 Å². The van der Waals surface area contributed by atoms with Crippen LogP contribution in [0.4, 0.5) is 5.69 Å². The van der Waals surface area contributed by atoms with E-state index in [1.54, 1.807) is 0 Å². The smallest absolute Gasteiger partial charge is 0.0397 e. The van der Waals surface area contributed by atoms with Gasteiger partial charge in [-0.25, -0.2) is 0 Å². The fraction of sp³-hybridized carbons (Fsp3) is 0.188. The predicted octanol–water partition coefficient (Wildman–Crippen LogP) is 3.38. The summed E-state index contributed by atoms with van der Waals surface area (Å²) in [6, 6.07) is 8.66. The number of pyridine rings is 1. The first kappa shape index (κ1) is 11.0. The molecule has 0 radical (unpaired) electrons. The molecule has 0 amide bonds. The molecule has 0 N–H and O–H groups in total. The van der Waals surface area contributed by atoms with Gasteiger partial charge >= 0.3 is 0 Å². The maximum atomic E-state index is 4.22. The van der Waals surface area contributed by atoms with Crippen molar-refractivity contribution < 1.29 is 0 Å². The quantitative estimate of drug-likeness (QED) is 0.794. The van der Waals surface area contributed by atoms with E-state index in [1.807, 2.05) is 24.5 Å². The summed E-state index contributed by atoms with van der Waals surface area (Å²) in [5.41, 5.74) is 6.30. The molecule has 90 valence electrons. The fourth-order valence-electron chi connectivity index (χ4n) is 2.56. The van der Waals surface area contributed by atoms with Crippen molar-refractivity contribution in [1.82, 2.24) is 4.98 Å². The molecule has 0 atom stereocenters. The number of fused-ring (bicyclic) bond motifs is 1. The Balaban J connectivity index is 2.11. The first-order valence-electron chi connectivity index (χ1n) is 6.20. The molecule has 0 aliphatic carbocycles. The van der Waals surface area contributed by atoms with Gasteiger partial charge in [-0.1, -0.05) is 18.7 Å². The Morgan fingerprint density at radius 2 is 2.22 bits per heavy atom. The molecule has 2 heteroatoms. The number of nitrogens with zero attached hydrogens (tertiary/aromatic N) is 2. The van der Waals surface area contributed by atoms with Gasteiger partial charge in [-0.2, -0.15) is 0 Å². The van der Waals surface area contributed by atoms with Gasteiger partial charge in [0.15, 0.2) is 0 Å². The molecule has 3 rings (SSSR count). The molecule has 2 aromatic rings. The van der Waals surface area contributed by atoms with E-state index in [0.717, 1.165) is 24.1 Å². The highest BCUT2D eigenvalue weighted by molar-refractivity contribution is 5.76. The average Bonchev–Trinajstić information content (AvgIpc) is 2.80. The Bertz CT molecular complexity index is 602. The summed E-state index contributed by atoms with van der Waals surface area (Å²) in [5, 5.41) is 0. The highest BCUT2D eigenvalue weighted by Crippen LogP contribution is 2.32. The third-order valence-electron chi connectivity index (χ3n) is 3.59. The van der Waals surface area contributed by atoms with Gasteiger partial charge in [-0.15, -0.1) is 0 Å². The minimum absolute atomic E-state index is 1.11. The molecule has 0 fully saturated rings. The van der Waals surface area contributed by atoms with Gasteiger partial charge in [0.1, 0.15) is 0 Å². The Kier molecular flexibility index (Phi) is 2.63. The van der Waals surface area contributed by atoms with Gasteiger partial charge in [0.2, 0.25) is 0 Å². The minimum atomic E-state index is 1.11. The summed E-state index contributed by atoms with van der Waals surface area (Å²) in [6.45, 7) is 4.98. The maximum absolute atomic E-state index is 4.22. The summed E-state index contributed by atoms with van der Waals surface area (Å²) < 4.78 is 0. The van der Waals surface area contributed by atoms with Crippen LogP contribution in [-0.2, 0) is 6.42 Å². The van der Waals surface area contributed by atoms with E-state index in [9.17, 15) is 0 Å². The van der Waals surface area contributed by atoms with E-state index in [1.165, 1.54) is 16.8 Å². The number of rotatable bonds is 2. The second kappa shape index (κ2) is 4.30. The molecule has 1 aliphatic heterocycles. The highest BCUT2D eigenvalue weighted by Gasteiger charge is 2.16. The zero-order valence-electron chi connectivity index (χ0n) is 10.6. The minimum Gasteiger partial charge on any atom is -0.374 e. The van der Waals surface area contributed by atoms with Gasteiger partial charge in [0.05, 0.1) is 0 Å². The fourth-order valence-corrected chi connectivity index (χ4v) is 2.56. The zero-order valence-corrected chi connectivity index (χ0v) is 10.6. The molecule has 0 saturated carbocycles. The van der Waals surface area contributed by atoms with Crippen molar-refractivity contribution in [2.24, 2.45) is 0 Å². The van der Waals surface area contributed by atoms with Crippen LogP contribution in [0.15, 0.2) is 43.2 Å². The summed E-state index contributed by atoms with van der Waals surface area (Å²) in [4.78, 5) is 6.52. The molecular formula is C16H16N2. The molecule has 1 aromatic heterocycles. The van der Waals surface area contributed by atoms with Crippen molar-refractivity contribution in [3.8, 4) is 11.1 Å². The highest BCUT2D eigenvalue weighted by atomic mass is 15.1. The van der Waals surface area contributed by atoms with Gasteiger partial charge < -0.3 is 4.90 Å². The molecule has 2 nitrogen and oxygen atoms in total. The number of aromatic nitrogens is 1. The number of hydrogen-bond acceptors (Lipinski definition) is 2. The Hall–Kier alpha value is -2.09. The Labute approximate surface area is 108 Å². The van der Waals surface area contributed by atoms with Crippen molar-refractivity contribution in [3.63, 3.8) is 0 Å². The van der Waals surface area contributed by atoms with Crippen LogP contribution in [0, 0.1) is 0 Å². The van der Waals surface area contributed by atoms with Crippen molar-refractivity contribution in [2.45, 2.75) is 6.42 Å². The molecule has 2 heterocycles. The molecular weight excluding hydrogens is 220 g/mol. The molecule has 1 aromatic carbocycles. The van der Waals surface area contributed by atoms with Gasteiger partial charge in [-0.05, 0) is 41.3 Å². The van der Waals surface area contributed by atoms with Crippen LogP contribution in [-0.4, -0.2) is 18.6 Å². The molecule has 0 bridgehead atoms. The molecule has 1 aliphatic rings. The topological polar surface area (TPSA) is 16.1 Å². The normalized spacial score (nSPS) is 13.5. The van der Waals surface area contributed by atoms with Crippen molar-refractivity contribution in [2.75, 3.05) is 18.5 Å². The van der Waals surface area contributed by atoms with Crippen molar-refractivity contribution in [1.29, 1.82) is 0 Å². The lowest BCUT2D eigenvalue weighted by Gasteiger charge is -2.12. The molecule has 0 saturated heterocycles. The van der Waals surface area contributed by atoms with Crippen LogP contribution in [0.5, 0.6) is 0 Å². The second-order valence-corrected chi connectivity index (χ2v) is 4.68. The summed E-state index contributed by atoms with van der Waals surface area (Å²) in [7, 11) is 2.14. The summed E-state index contributed by atoms with van der Waals surface area (Å²) in [5.74, 6) is 0. The van der Waals surface area contributed by atoms with E-state index in [2.05, 4.69) is 41.7 Å². The Morgan fingerprint density at radius 1 is 1.33 bits per heavy atom. The monoisotopic (exact) mass is 236 g/mol. The largest absolute Gasteiger partial charge is 0.374 e.